The number of aromatic amines is 1. The molecule has 0 saturated carbocycles. The van der Waals surface area contributed by atoms with Crippen molar-refractivity contribution in [2.75, 3.05) is 0 Å². The van der Waals surface area contributed by atoms with Crippen LogP contribution in [0.25, 0.3) is 16.8 Å². The summed E-state index contributed by atoms with van der Waals surface area (Å²) >= 11 is 0. The Morgan fingerprint density at radius 1 is 0.957 bits per heavy atom. The third-order valence-corrected chi connectivity index (χ3v) is 3.96. The fourth-order valence-electron chi connectivity index (χ4n) is 2.80. The molecular formula is C20H22N2O. The van der Waals surface area contributed by atoms with Gasteiger partial charge in [-0.3, -0.25) is 9.89 Å². The van der Waals surface area contributed by atoms with Gasteiger partial charge in [0.25, 0.3) is 5.56 Å². The van der Waals surface area contributed by atoms with Crippen molar-refractivity contribution in [3.8, 4) is 16.8 Å². The van der Waals surface area contributed by atoms with E-state index in [4.69, 9.17) is 0 Å². The van der Waals surface area contributed by atoms with E-state index in [1.165, 1.54) is 0 Å². The van der Waals surface area contributed by atoms with Crippen molar-refractivity contribution < 1.29 is 0 Å². The van der Waals surface area contributed by atoms with Crippen molar-refractivity contribution in [3.05, 3.63) is 76.2 Å². The van der Waals surface area contributed by atoms with Crippen LogP contribution >= 0.6 is 0 Å². The highest BCUT2D eigenvalue weighted by molar-refractivity contribution is 5.67. The maximum absolute atomic E-state index is 13.1. The Balaban J connectivity index is 2.30. The minimum Gasteiger partial charge on any atom is -0.294 e. The van der Waals surface area contributed by atoms with Crippen LogP contribution in [0.4, 0.5) is 0 Å². The van der Waals surface area contributed by atoms with Gasteiger partial charge in [0.15, 0.2) is 0 Å². The third-order valence-electron chi connectivity index (χ3n) is 3.96. The highest BCUT2D eigenvalue weighted by atomic mass is 16.1. The molecule has 1 N–H and O–H groups in total. The summed E-state index contributed by atoms with van der Waals surface area (Å²) in [5, 5.41) is 3.34. The highest BCUT2D eigenvalue weighted by Crippen LogP contribution is 2.29. The zero-order valence-corrected chi connectivity index (χ0v) is 14.1. The molecular weight excluding hydrogens is 284 g/mol. The fourth-order valence-corrected chi connectivity index (χ4v) is 2.80. The number of hydrogen-bond donors (Lipinski definition) is 1. The van der Waals surface area contributed by atoms with E-state index in [0.29, 0.717) is 0 Å². The van der Waals surface area contributed by atoms with Gasteiger partial charge in [-0.25, -0.2) is 4.68 Å². The smallest absolute Gasteiger partial charge is 0.279 e. The largest absolute Gasteiger partial charge is 0.294 e. The molecule has 3 aromatic rings. The molecule has 1 heterocycles. The molecule has 0 aliphatic rings. The van der Waals surface area contributed by atoms with E-state index >= 15 is 0 Å². The Labute approximate surface area is 136 Å². The van der Waals surface area contributed by atoms with Gasteiger partial charge < -0.3 is 0 Å². The second kappa shape index (κ2) is 5.58. The van der Waals surface area contributed by atoms with Crippen molar-refractivity contribution in [2.24, 2.45) is 0 Å². The highest BCUT2D eigenvalue weighted by Gasteiger charge is 2.25. The molecule has 23 heavy (non-hydrogen) atoms. The molecule has 0 amide bonds. The molecule has 0 fully saturated rings. The maximum atomic E-state index is 13.1. The van der Waals surface area contributed by atoms with Crippen LogP contribution in [0.5, 0.6) is 0 Å². The second-order valence-electron chi connectivity index (χ2n) is 6.96. The number of nitrogens with one attached hydrogen (secondary N) is 1. The lowest BCUT2D eigenvalue weighted by atomic mass is 9.87. The first kappa shape index (κ1) is 15.3. The summed E-state index contributed by atoms with van der Waals surface area (Å²) in [7, 11) is 0. The summed E-state index contributed by atoms with van der Waals surface area (Å²) in [6, 6.07) is 17.8. The molecule has 0 radical (unpaired) electrons. The zero-order valence-electron chi connectivity index (χ0n) is 14.1. The van der Waals surface area contributed by atoms with Crippen molar-refractivity contribution in [2.45, 2.75) is 33.1 Å². The first-order valence-electron chi connectivity index (χ1n) is 7.86. The van der Waals surface area contributed by atoms with Gasteiger partial charge in [-0.15, -0.1) is 0 Å². The normalized spacial score (nSPS) is 11.7. The number of hydrogen-bond acceptors (Lipinski definition) is 1. The van der Waals surface area contributed by atoms with Gasteiger partial charge in [0.2, 0.25) is 0 Å². The van der Waals surface area contributed by atoms with Gasteiger partial charge in [-0.2, -0.15) is 0 Å². The molecule has 0 aliphatic heterocycles. The average Bonchev–Trinajstić information content (AvgIpc) is 2.86. The lowest BCUT2D eigenvalue weighted by Crippen LogP contribution is -2.15. The van der Waals surface area contributed by atoms with Gasteiger partial charge in [0.1, 0.15) is 0 Å². The van der Waals surface area contributed by atoms with Crippen LogP contribution < -0.4 is 5.56 Å². The lowest BCUT2D eigenvalue weighted by Gasteiger charge is -2.18. The first-order chi connectivity index (χ1) is 10.9. The maximum Gasteiger partial charge on any atom is 0.279 e. The van der Waals surface area contributed by atoms with E-state index < -0.39 is 0 Å². The van der Waals surface area contributed by atoms with E-state index in [1.54, 1.807) is 4.68 Å². The van der Waals surface area contributed by atoms with Gasteiger partial charge in [-0.1, -0.05) is 63.2 Å². The Hall–Kier alpha value is -2.55. The molecule has 0 atom stereocenters. The molecule has 2 aromatic carbocycles. The molecule has 0 unspecified atom stereocenters. The van der Waals surface area contributed by atoms with E-state index in [-0.39, 0.29) is 11.0 Å². The van der Waals surface area contributed by atoms with Crippen LogP contribution in [-0.2, 0) is 5.41 Å². The van der Waals surface area contributed by atoms with E-state index in [1.807, 2.05) is 61.5 Å². The quantitative estimate of drug-likeness (QED) is 0.747. The standard InChI is InChI=1S/C20H22N2O/c1-14-9-8-12-16(13-14)22-19(23)17(15-10-6-5-7-11-15)18(21-22)20(2,3)4/h5-13,21H,1-4H3. The molecule has 118 valence electrons. The monoisotopic (exact) mass is 306 g/mol. The van der Waals surface area contributed by atoms with Gasteiger partial charge in [-0.05, 0) is 30.2 Å². The average molecular weight is 306 g/mol. The lowest BCUT2D eigenvalue weighted by molar-refractivity contribution is 0.561. The van der Waals surface area contributed by atoms with Gasteiger partial charge in [0.05, 0.1) is 16.9 Å². The summed E-state index contributed by atoms with van der Waals surface area (Å²) in [5.74, 6) is 0. The summed E-state index contributed by atoms with van der Waals surface area (Å²) in [6.07, 6.45) is 0. The van der Waals surface area contributed by atoms with Crippen LogP contribution in [0.2, 0.25) is 0 Å². The van der Waals surface area contributed by atoms with Gasteiger partial charge in [0, 0.05) is 5.41 Å². The Bertz CT molecular complexity index is 880. The van der Waals surface area contributed by atoms with Crippen LogP contribution in [0, 0.1) is 6.92 Å². The molecule has 0 bridgehead atoms. The molecule has 0 aliphatic carbocycles. The zero-order chi connectivity index (χ0) is 16.6. The number of rotatable bonds is 2. The molecule has 3 heteroatoms. The van der Waals surface area contributed by atoms with Crippen molar-refractivity contribution in [1.29, 1.82) is 0 Å². The minimum absolute atomic E-state index is 0.00766. The summed E-state index contributed by atoms with van der Waals surface area (Å²) in [4.78, 5) is 13.1. The molecule has 0 spiro atoms. The van der Waals surface area contributed by atoms with Crippen molar-refractivity contribution in [1.82, 2.24) is 9.78 Å². The molecule has 3 nitrogen and oxygen atoms in total. The topological polar surface area (TPSA) is 37.8 Å². The van der Waals surface area contributed by atoms with Crippen LogP contribution in [0.3, 0.4) is 0 Å². The second-order valence-corrected chi connectivity index (χ2v) is 6.96. The van der Waals surface area contributed by atoms with Crippen LogP contribution in [-0.4, -0.2) is 9.78 Å². The Morgan fingerprint density at radius 3 is 2.26 bits per heavy atom. The van der Waals surface area contributed by atoms with Crippen molar-refractivity contribution >= 4 is 0 Å². The van der Waals surface area contributed by atoms with Crippen LogP contribution in [0.1, 0.15) is 32.0 Å². The van der Waals surface area contributed by atoms with E-state index in [2.05, 4.69) is 25.9 Å². The Kier molecular flexibility index (Phi) is 3.72. The third kappa shape index (κ3) is 2.87. The number of nitrogens with zero attached hydrogens (tertiary/aromatic N) is 1. The predicted molar refractivity (Wildman–Crippen MR) is 95.3 cm³/mol. The molecule has 1 aromatic heterocycles. The number of aryl methyl sites for hydroxylation is 1. The van der Waals surface area contributed by atoms with E-state index in [9.17, 15) is 4.79 Å². The Morgan fingerprint density at radius 2 is 1.65 bits per heavy atom. The fraction of sp³-hybridized carbons (Fsp3) is 0.250. The molecule has 0 saturated heterocycles. The minimum atomic E-state index is -0.153. The van der Waals surface area contributed by atoms with Crippen molar-refractivity contribution in [3.63, 3.8) is 0 Å². The summed E-state index contributed by atoms with van der Waals surface area (Å²) in [5.41, 5.74) is 4.48. The number of benzene rings is 2. The first-order valence-corrected chi connectivity index (χ1v) is 7.86. The van der Waals surface area contributed by atoms with Crippen LogP contribution in [0.15, 0.2) is 59.4 Å². The summed E-state index contributed by atoms with van der Waals surface area (Å²) in [6.45, 7) is 8.38. The predicted octanol–water partition coefficient (Wildman–Crippen LogP) is 4.44. The molecule has 3 rings (SSSR count). The van der Waals surface area contributed by atoms with E-state index in [0.717, 1.165) is 28.1 Å². The number of H-pyrrole nitrogens is 1. The number of aromatic nitrogens is 2. The van der Waals surface area contributed by atoms with Gasteiger partial charge >= 0.3 is 0 Å². The SMILES string of the molecule is Cc1cccc(-n2[nH]c(C(C)(C)C)c(-c3ccccc3)c2=O)c1. The summed E-state index contributed by atoms with van der Waals surface area (Å²) < 4.78 is 1.65.